The zero-order chi connectivity index (χ0) is 23.2. The summed E-state index contributed by atoms with van der Waals surface area (Å²) in [5.74, 6) is 1.42. The molecule has 1 atom stereocenters. The van der Waals surface area contributed by atoms with Gasteiger partial charge in [-0.15, -0.1) is 0 Å². The molecular weight excluding hydrogens is 425 g/mol. The van der Waals surface area contributed by atoms with Gasteiger partial charge in [0.2, 0.25) is 0 Å². The number of hydrogen-bond acceptors (Lipinski definition) is 6. The summed E-state index contributed by atoms with van der Waals surface area (Å²) in [6.45, 7) is 3.17. The summed E-state index contributed by atoms with van der Waals surface area (Å²) in [7, 11) is 3.09. The Morgan fingerprint density at radius 1 is 1.03 bits per heavy atom. The summed E-state index contributed by atoms with van der Waals surface area (Å²) < 4.78 is 30.4. The van der Waals surface area contributed by atoms with Crippen LogP contribution in [0, 0.1) is 5.82 Å². The van der Waals surface area contributed by atoms with Crippen LogP contribution < -0.4 is 19.7 Å². The highest BCUT2D eigenvalue weighted by Gasteiger charge is 2.28. The first-order valence-electron chi connectivity index (χ1n) is 10.9. The van der Waals surface area contributed by atoms with Crippen LogP contribution in [0.25, 0.3) is 0 Å². The van der Waals surface area contributed by atoms with Crippen LogP contribution in [0.5, 0.6) is 11.5 Å². The molecule has 0 aliphatic carbocycles. The van der Waals surface area contributed by atoms with E-state index < -0.39 is 0 Å². The highest BCUT2D eigenvalue weighted by molar-refractivity contribution is 5.94. The average Bonchev–Trinajstić information content (AvgIpc) is 3.39. The van der Waals surface area contributed by atoms with E-state index in [4.69, 9.17) is 13.9 Å². The van der Waals surface area contributed by atoms with Crippen LogP contribution in [0.15, 0.2) is 65.3 Å². The van der Waals surface area contributed by atoms with Gasteiger partial charge in [0.25, 0.3) is 5.91 Å². The number of amides is 1. The van der Waals surface area contributed by atoms with Crippen LogP contribution in [0.3, 0.4) is 0 Å². The zero-order valence-electron chi connectivity index (χ0n) is 18.8. The Balaban J connectivity index is 1.43. The van der Waals surface area contributed by atoms with Crippen molar-refractivity contribution in [2.24, 2.45) is 0 Å². The van der Waals surface area contributed by atoms with Crippen molar-refractivity contribution in [1.29, 1.82) is 0 Å². The van der Waals surface area contributed by atoms with Crippen molar-refractivity contribution < 1.29 is 23.1 Å². The number of hydrogen-bond donors (Lipinski definition) is 1. The van der Waals surface area contributed by atoms with E-state index in [9.17, 15) is 9.18 Å². The minimum absolute atomic E-state index is 0.133. The van der Waals surface area contributed by atoms with Crippen molar-refractivity contribution in [3.05, 3.63) is 78.0 Å². The van der Waals surface area contributed by atoms with Gasteiger partial charge in [-0.25, -0.2) is 4.39 Å². The van der Waals surface area contributed by atoms with E-state index in [0.717, 1.165) is 5.76 Å². The van der Waals surface area contributed by atoms with Crippen LogP contribution in [-0.2, 0) is 0 Å². The number of benzene rings is 2. The summed E-state index contributed by atoms with van der Waals surface area (Å²) in [6, 6.07) is 15.5. The van der Waals surface area contributed by atoms with Gasteiger partial charge in [-0.2, -0.15) is 0 Å². The lowest BCUT2D eigenvalue weighted by atomic mass is 10.1. The fourth-order valence-electron chi connectivity index (χ4n) is 4.14. The summed E-state index contributed by atoms with van der Waals surface area (Å²) in [6.07, 6.45) is 1.63. The summed E-state index contributed by atoms with van der Waals surface area (Å²) in [5, 5.41) is 3.01. The second-order valence-corrected chi connectivity index (χ2v) is 7.79. The lowest BCUT2D eigenvalue weighted by Gasteiger charge is -2.39. The SMILES string of the molecule is COc1ccc(C(=O)NC[C@H](c2ccco2)N2CCN(c3ccccc3F)CC2)cc1OC. The lowest BCUT2D eigenvalue weighted by Crippen LogP contribution is -2.50. The summed E-state index contributed by atoms with van der Waals surface area (Å²) in [5.41, 5.74) is 1.10. The number of rotatable bonds is 8. The number of carbonyl (C=O) groups excluding carboxylic acids is 1. The third-order valence-electron chi connectivity index (χ3n) is 5.92. The quantitative estimate of drug-likeness (QED) is 0.561. The first kappa shape index (κ1) is 22.7. The van der Waals surface area contributed by atoms with Crippen molar-refractivity contribution in [2.45, 2.75) is 6.04 Å². The summed E-state index contributed by atoms with van der Waals surface area (Å²) >= 11 is 0. The molecule has 7 nitrogen and oxygen atoms in total. The topological polar surface area (TPSA) is 67.2 Å². The molecule has 0 spiro atoms. The molecule has 3 aromatic rings. The molecule has 4 rings (SSSR count). The number of methoxy groups -OCH3 is 2. The molecule has 1 saturated heterocycles. The third-order valence-corrected chi connectivity index (χ3v) is 5.92. The second-order valence-electron chi connectivity index (χ2n) is 7.79. The molecule has 1 aromatic heterocycles. The number of anilines is 1. The number of para-hydroxylation sites is 1. The Morgan fingerprint density at radius 2 is 1.79 bits per heavy atom. The van der Waals surface area contributed by atoms with Crippen molar-refractivity contribution >= 4 is 11.6 Å². The molecular formula is C25H28FN3O4. The van der Waals surface area contributed by atoms with Gasteiger partial charge in [0.1, 0.15) is 11.6 Å². The lowest BCUT2D eigenvalue weighted by molar-refractivity contribution is 0.0922. The van der Waals surface area contributed by atoms with Gasteiger partial charge in [0.05, 0.1) is 32.2 Å². The van der Waals surface area contributed by atoms with Gasteiger partial charge in [-0.05, 0) is 42.5 Å². The zero-order valence-corrected chi connectivity index (χ0v) is 18.8. The van der Waals surface area contributed by atoms with E-state index in [1.54, 1.807) is 43.7 Å². The van der Waals surface area contributed by atoms with Crippen molar-refractivity contribution in [2.75, 3.05) is 51.8 Å². The maximum atomic E-state index is 14.2. The Morgan fingerprint density at radius 3 is 2.45 bits per heavy atom. The molecule has 1 fully saturated rings. The van der Waals surface area contributed by atoms with Gasteiger partial charge in [0, 0.05) is 38.3 Å². The van der Waals surface area contributed by atoms with Gasteiger partial charge < -0.3 is 24.1 Å². The molecule has 1 aliphatic rings. The van der Waals surface area contributed by atoms with Crippen LogP contribution in [0.4, 0.5) is 10.1 Å². The first-order valence-corrected chi connectivity index (χ1v) is 10.9. The molecule has 0 unspecified atom stereocenters. The number of furan rings is 1. The van der Waals surface area contributed by atoms with E-state index in [-0.39, 0.29) is 17.8 Å². The molecule has 1 aliphatic heterocycles. The molecule has 1 amide bonds. The Bertz CT molecular complexity index is 1070. The Labute approximate surface area is 192 Å². The highest BCUT2D eigenvalue weighted by atomic mass is 19.1. The standard InChI is InChI=1S/C25H28FN3O4/c1-31-23-10-9-18(16-24(23)32-2)25(30)27-17-21(22-8-5-15-33-22)29-13-11-28(12-14-29)20-7-4-3-6-19(20)26/h3-10,15-16,21H,11-14,17H2,1-2H3,(H,27,30)/t21-/m1/s1. The van der Waals surface area contributed by atoms with E-state index in [1.807, 2.05) is 23.1 Å². The normalized spacial score (nSPS) is 15.2. The first-order chi connectivity index (χ1) is 16.1. The molecule has 174 valence electrons. The Hall–Kier alpha value is -3.52. The fourth-order valence-corrected chi connectivity index (χ4v) is 4.14. The van der Waals surface area contributed by atoms with Crippen LogP contribution in [0.1, 0.15) is 22.2 Å². The maximum Gasteiger partial charge on any atom is 0.251 e. The average molecular weight is 454 g/mol. The number of piperazine rings is 1. The van der Waals surface area contributed by atoms with Crippen molar-refractivity contribution in [3.63, 3.8) is 0 Å². The van der Waals surface area contributed by atoms with Crippen molar-refractivity contribution in [1.82, 2.24) is 10.2 Å². The summed E-state index contributed by atoms with van der Waals surface area (Å²) in [4.78, 5) is 17.1. The monoisotopic (exact) mass is 453 g/mol. The number of nitrogens with one attached hydrogen (secondary N) is 1. The van der Waals surface area contributed by atoms with E-state index in [1.165, 1.54) is 13.2 Å². The van der Waals surface area contributed by atoms with Gasteiger partial charge >= 0.3 is 0 Å². The minimum Gasteiger partial charge on any atom is -0.493 e. The second kappa shape index (κ2) is 10.4. The largest absolute Gasteiger partial charge is 0.493 e. The Kier molecular flexibility index (Phi) is 7.14. The van der Waals surface area contributed by atoms with E-state index in [0.29, 0.717) is 55.5 Å². The molecule has 0 bridgehead atoms. The molecule has 0 radical (unpaired) electrons. The molecule has 0 saturated carbocycles. The third kappa shape index (κ3) is 5.12. The molecule has 1 N–H and O–H groups in total. The molecule has 2 aromatic carbocycles. The van der Waals surface area contributed by atoms with Gasteiger partial charge in [-0.1, -0.05) is 12.1 Å². The fraction of sp³-hybridized carbons (Fsp3) is 0.320. The predicted octanol–water partition coefficient (Wildman–Crippen LogP) is 3.73. The van der Waals surface area contributed by atoms with Crippen LogP contribution in [0.2, 0.25) is 0 Å². The number of halogens is 1. The van der Waals surface area contributed by atoms with E-state index >= 15 is 0 Å². The number of carbonyl (C=O) groups is 1. The van der Waals surface area contributed by atoms with E-state index in [2.05, 4.69) is 10.2 Å². The van der Waals surface area contributed by atoms with Crippen LogP contribution in [-0.4, -0.2) is 57.8 Å². The van der Waals surface area contributed by atoms with Gasteiger partial charge in [-0.3, -0.25) is 9.69 Å². The predicted molar refractivity (Wildman–Crippen MR) is 124 cm³/mol. The highest BCUT2D eigenvalue weighted by Crippen LogP contribution is 2.28. The molecule has 8 heteroatoms. The van der Waals surface area contributed by atoms with Crippen LogP contribution >= 0.6 is 0 Å². The van der Waals surface area contributed by atoms with Gasteiger partial charge in [0.15, 0.2) is 11.5 Å². The number of ether oxygens (including phenoxy) is 2. The minimum atomic E-state index is -0.212. The number of nitrogens with zero attached hydrogens (tertiary/aromatic N) is 2. The molecule has 2 heterocycles. The smallest absolute Gasteiger partial charge is 0.251 e. The van der Waals surface area contributed by atoms with Crippen molar-refractivity contribution in [3.8, 4) is 11.5 Å². The maximum absolute atomic E-state index is 14.2. The molecule has 33 heavy (non-hydrogen) atoms.